The van der Waals surface area contributed by atoms with Crippen molar-refractivity contribution in [1.82, 2.24) is 0 Å². The molecule has 0 saturated heterocycles. The summed E-state index contributed by atoms with van der Waals surface area (Å²) in [5.41, 5.74) is 1.56. The highest BCUT2D eigenvalue weighted by Crippen LogP contribution is 2.20. The number of benzene rings is 3. The van der Waals surface area contributed by atoms with Crippen LogP contribution in [0.1, 0.15) is 86.4 Å². The molecule has 0 heterocycles. The Morgan fingerprint density at radius 2 is 1.26 bits per heavy atom. The van der Waals surface area contributed by atoms with Crippen LogP contribution in [0.2, 0.25) is 0 Å². The van der Waals surface area contributed by atoms with Crippen LogP contribution in [-0.4, -0.2) is 25.1 Å². The van der Waals surface area contributed by atoms with Gasteiger partial charge in [-0.3, -0.25) is 4.79 Å². The summed E-state index contributed by atoms with van der Waals surface area (Å²) >= 11 is 0. The first kappa shape index (κ1) is 29.8. The van der Waals surface area contributed by atoms with E-state index in [0.717, 1.165) is 24.3 Å². The number of carbonyl (C=O) groups excluding carboxylic acids is 2. The number of nitrogens with one attached hydrogen (secondary N) is 1. The molecule has 1 atom stereocenters. The summed E-state index contributed by atoms with van der Waals surface area (Å²) in [5, 5.41) is 2.87. The first-order valence-electron chi connectivity index (χ1n) is 14.1. The molecule has 0 spiro atoms. The van der Waals surface area contributed by atoms with E-state index in [1.165, 1.54) is 32.1 Å². The van der Waals surface area contributed by atoms with Crippen LogP contribution >= 0.6 is 0 Å². The summed E-state index contributed by atoms with van der Waals surface area (Å²) < 4.78 is 17.0. The quantitative estimate of drug-likeness (QED) is 0.114. The van der Waals surface area contributed by atoms with Gasteiger partial charge in [0.15, 0.2) is 0 Å². The van der Waals surface area contributed by atoms with Crippen molar-refractivity contribution in [2.24, 2.45) is 5.92 Å². The van der Waals surface area contributed by atoms with Crippen molar-refractivity contribution >= 4 is 17.6 Å². The third-order valence-corrected chi connectivity index (χ3v) is 6.53. The van der Waals surface area contributed by atoms with Crippen molar-refractivity contribution in [3.63, 3.8) is 0 Å². The highest BCUT2D eigenvalue weighted by Gasteiger charge is 2.11. The average Bonchev–Trinajstić information content (AvgIpc) is 2.96. The molecule has 3 rings (SSSR count). The molecule has 39 heavy (non-hydrogen) atoms. The minimum absolute atomic E-state index is 0.252. The Morgan fingerprint density at radius 1 is 0.692 bits per heavy atom. The lowest BCUT2D eigenvalue weighted by Gasteiger charge is -2.12. The van der Waals surface area contributed by atoms with Gasteiger partial charge < -0.3 is 19.5 Å². The Labute approximate surface area is 232 Å². The fourth-order valence-electron chi connectivity index (χ4n) is 3.79. The molecule has 1 N–H and O–H groups in total. The second kappa shape index (κ2) is 16.2. The molecule has 6 nitrogen and oxygen atoms in total. The lowest BCUT2D eigenvalue weighted by Crippen LogP contribution is -2.12. The summed E-state index contributed by atoms with van der Waals surface area (Å²) in [4.78, 5) is 25.2. The summed E-state index contributed by atoms with van der Waals surface area (Å²) in [6, 6.07) is 20.7. The number of amides is 1. The lowest BCUT2D eigenvalue weighted by atomic mass is 10.1. The van der Waals surface area contributed by atoms with Gasteiger partial charge in [0, 0.05) is 11.3 Å². The zero-order valence-corrected chi connectivity index (χ0v) is 23.4. The fourth-order valence-corrected chi connectivity index (χ4v) is 3.79. The van der Waals surface area contributed by atoms with Crippen molar-refractivity contribution < 1.29 is 23.8 Å². The van der Waals surface area contributed by atoms with Crippen molar-refractivity contribution in [1.29, 1.82) is 0 Å². The summed E-state index contributed by atoms with van der Waals surface area (Å²) in [6.07, 6.45) is 8.34. The normalized spacial score (nSPS) is 11.5. The van der Waals surface area contributed by atoms with Gasteiger partial charge in [-0.2, -0.15) is 0 Å². The molecular formula is C33H41NO5. The van der Waals surface area contributed by atoms with Crippen LogP contribution in [0.4, 0.5) is 5.69 Å². The molecule has 6 heteroatoms. The number of hydrogen-bond donors (Lipinski definition) is 1. The van der Waals surface area contributed by atoms with Crippen molar-refractivity contribution in [3.05, 3.63) is 83.9 Å². The zero-order chi connectivity index (χ0) is 27.9. The van der Waals surface area contributed by atoms with Crippen molar-refractivity contribution in [3.8, 4) is 17.2 Å². The van der Waals surface area contributed by atoms with E-state index in [1.807, 2.05) is 24.3 Å². The number of carbonyl (C=O) groups is 2. The number of ether oxygens (including phenoxy) is 3. The van der Waals surface area contributed by atoms with E-state index in [4.69, 9.17) is 14.2 Å². The molecule has 0 aliphatic heterocycles. The van der Waals surface area contributed by atoms with E-state index in [2.05, 4.69) is 26.1 Å². The molecule has 0 fully saturated rings. The molecular weight excluding hydrogens is 490 g/mol. The predicted molar refractivity (Wildman–Crippen MR) is 156 cm³/mol. The van der Waals surface area contributed by atoms with Gasteiger partial charge in [-0.15, -0.1) is 0 Å². The molecule has 3 aromatic carbocycles. The first-order valence-corrected chi connectivity index (χ1v) is 14.1. The number of rotatable bonds is 16. The van der Waals surface area contributed by atoms with Crippen LogP contribution in [0.25, 0.3) is 0 Å². The van der Waals surface area contributed by atoms with E-state index in [9.17, 15) is 9.59 Å². The molecule has 0 aliphatic rings. The number of unbranched alkanes of at least 4 members (excludes halogenated alkanes) is 5. The monoisotopic (exact) mass is 531 g/mol. The van der Waals surface area contributed by atoms with Crippen LogP contribution in [0.3, 0.4) is 0 Å². The molecule has 0 bridgehead atoms. The van der Waals surface area contributed by atoms with Gasteiger partial charge in [0.2, 0.25) is 0 Å². The second-order valence-electron chi connectivity index (χ2n) is 9.86. The first-order chi connectivity index (χ1) is 19.0. The molecule has 0 saturated carbocycles. The molecule has 1 amide bonds. The van der Waals surface area contributed by atoms with E-state index >= 15 is 0 Å². The van der Waals surface area contributed by atoms with E-state index < -0.39 is 5.97 Å². The molecule has 3 aromatic rings. The third-order valence-electron chi connectivity index (χ3n) is 6.53. The lowest BCUT2D eigenvalue weighted by molar-refractivity contribution is 0.0734. The van der Waals surface area contributed by atoms with Gasteiger partial charge in [-0.25, -0.2) is 4.79 Å². The van der Waals surface area contributed by atoms with Gasteiger partial charge >= 0.3 is 5.97 Å². The highest BCUT2D eigenvalue weighted by molar-refractivity contribution is 6.04. The van der Waals surface area contributed by atoms with Crippen molar-refractivity contribution in [2.45, 2.75) is 65.7 Å². The second-order valence-corrected chi connectivity index (χ2v) is 9.86. The van der Waals surface area contributed by atoms with Crippen LogP contribution in [0.5, 0.6) is 17.2 Å². The van der Waals surface area contributed by atoms with E-state index in [1.54, 1.807) is 48.5 Å². The number of hydrogen-bond acceptors (Lipinski definition) is 5. The van der Waals surface area contributed by atoms with Crippen LogP contribution in [-0.2, 0) is 0 Å². The fraction of sp³-hybridized carbons (Fsp3) is 0.394. The Balaban J connectivity index is 1.43. The standard InChI is InChI=1S/C33H41NO5/c1-4-6-7-8-9-10-23-37-29-17-13-27(14-18-29)33(36)39-31-19-11-26(12-20-31)32(35)34-28-15-21-30(22-16-28)38-24-25(3)5-2/h11-22,25H,4-10,23-24H2,1-3H3,(H,34,35). The summed E-state index contributed by atoms with van der Waals surface area (Å²) in [6.45, 7) is 7.83. The topological polar surface area (TPSA) is 73.9 Å². The van der Waals surface area contributed by atoms with Gasteiger partial charge in [0.25, 0.3) is 5.91 Å². The maximum absolute atomic E-state index is 12.6. The predicted octanol–water partition coefficient (Wildman–Crippen LogP) is 8.32. The highest BCUT2D eigenvalue weighted by atomic mass is 16.5. The number of anilines is 1. The third kappa shape index (κ3) is 10.5. The molecule has 1 unspecified atom stereocenters. The summed E-state index contributed by atoms with van der Waals surface area (Å²) in [5.74, 6) is 1.65. The Hall–Kier alpha value is -3.80. The minimum Gasteiger partial charge on any atom is -0.494 e. The molecule has 0 aromatic heterocycles. The van der Waals surface area contributed by atoms with Crippen LogP contribution < -0.4 is 19.5 Å². The Kier molecular flexibility index (Phi) is 12.4. The van der Waals surface area contributed by atoms with Crippen LogP contribution in [0.15, 0.2) is 72.8 Å². The Bertz CT molecular complexity index is 1140. The summed E-state index contributed by atoms with van der Waals surface area (Å²) in [7, 11) is 0. The SMILES string of the molecule is CCCCCCCCOc1ccc(C(=O)Oc2ccc(C(=O)Nc3ccc(OCC(C)CC)cc3)cc2)cc1. The zero-order valence-electron chi connectivity index (χ0n) is 23.4. The maximum Gasteiger partial charge on any atom is 0.343 e. The van der Waals surface area contributed by atoms with Gasteiger partial charge in [-0.1, -0.05) is 59.3 Å². The van der Waals surface area contributed by atoms with E-state index in [0.29, 0.717) is 41.7 Å². The maximum atomic E-state index is 12.6. The van der Waals surface area contributed by atoms with E-state index in [-0.39, 0.29) is 5.91 Å². The minimum atomic E-state index is -0.467. The molecule has 0 aliphatic carbocycles. The average molecular weight is 532 g/mol. The largest absolute Gasteiger partial charge is 0.494 e. The van der Waals surface area contributed by atoms with Crippen LogP contribution in [0, 0.1) is 5.92 Å². The smallest absolute Gasteiger partial charge is 0.343 e. The number of esters is 1. The van der Waals surface area contributed by atoms with Crippen molar-refractivity contribution in [2.75, 3.05) is 18.5 Å². The van der Waals surface area contributed by atoms with Gasteiger partial charge in [-0.05, 0) is 85.1 Å². The van der Waals surface area contributed by atoms with Gasteiger partial charge in [0.05, 0.1) is 18.8 Å². The molecule has 0 radical (unpaired) electrons. The van der Waals surface area contributed by atoms with Gasteiger partial charge in [0.1, 0.15) is 17.2 Å². The Morgan fingerprint density at radius 3 is 1.92 bits per heavy atom. The molecule has 208 valence electrons.